The topological polar surface area (TPSA) is 67.1 Å². The second kappa shape index (κ2) is 7.06. The van der Waals surface area contributed by atoms with Crippen LogP contribution in [0.15, 0.2) is 6.07 Å². The maximum absolute atomic E-state index is 5.51. The van der Waals surface area contributed by atoms with E-state index in [4.69, 9.17) is 5.73 Å². The maximum Gasteiger partial charge on any atom is 0.134 e. The number of nitrogens with one attached hydrogen (secondary N) is 1. The molecule has 0 saturated heterocycles. The first kappa shape index (κ1) is 13.7. The molecule has 0 spiro atoms. The molecule has 0 unspecified atom stereocenters. The summed E-state index contributed by atoms with van der Waals surface area (Å²) < 4.78 is 0. The highest BCUT2D eigenvalue weighted by molar-refractivity contribution is 5.48. The number of rotatable bonds is 7. The van der Waals surface area contributed by atoms with E-state index >= 15 is 0 Å². The molecule has 1 heterocycles. The van der Waals surface area contributed by atoms with Gasteiger partial charge in [-0.05, 0) is 26.3 Å². The standard InChI is InChI=1S/C12H23N5/c1-4-7-14-11-9-12(16-10(2)15-11)17(3)8-5-6-13/h9H,4-8,13H2,1-3H3,(H,14,15,16). The molecule has 3 N–H and O–H groups in total. The Balaban J connectivity index is 2.73. The summed E-state index contributed by atoms with van der Waals surface area (Å²) in [6.45, 7) is 6.60. The van der Waals surface area contributed by atoms with Crippen molar-refractivity contribution in [3.8, 4) is 0 Å². The summed E-state index contributed by atoms with van der Waals surface area (Å²) in [6, 6.07) is 1.99. The first-order chi connectivity index (χ1) is 8.17. The number of aryl methyl sites for hydroxylation is 1. The SMILES string of the molecule is CCCNc1cc(N(C)CCCN)nc(C)n1. The van der Waals surface area contributed by atoms with E-state index in [9.17, 15) is 0 Å². The van der Waals surface area contributed by atoms with Crippen molar-refractivity contribution in [3.05, 3.63) is 11.9 Å². The fraction of sp³-hybridized carbons (Fsp3) is 0.667. The van der Waals surface area contributed by atoms with Crippen molar-refractivity contribution in [2.24, 2.45) is 5.73 Å². The van der Waals surface area contributed by atoms with Crippen molar-refractivity contribution in [2.75, 3.05) is 36.9 Å². The van der Waals surface area contributed by atoms with Crippen molar-refractivity contribution in [1.29, 1.82) is 0 Å². The minimum absolute atomic E-state index is 0.704. The Bertz CT molecular complexity index is 340. The molecule has 1 aromatic heterocycles. The van der Waals surface area contributed by atoms with E-state index in [1.165, 1.54) is 0 Å². The number of hydrogen-bond donors (Lipinski definition) is 2. The lowest BCUT2D eigenvalue weighted by Gasteiger charge is -2.18. The minimum atomic E-state index is 0.704. The Hall–Kier alpha value is -1.36. The molecular formula is C12H23N5. The van der Waals surface area contributed by atoms with Crippen molar-refractivity contribution in [1.82, 2.24) is 9.97 Å². The lowest BCUT2D eigenvalue weighted by Crippen LogP contribution is -2.22. The van der Waals surface area contributed by atoms with E-state index in [2.05, 4.69) is 27.1 Å². The molecule has 0 saturated carbocycles. The third kappa shape index (κ3) is 4.56. The van der Waals surface area contributed by atoms with Gasteiger partial charge < -0.3 is 16.0 Å². The van der Waals surface area contributed by atoms with Gasteiger partial charge in [0.1, 0.15) is 17.5 Å². The Kier molecular flexibility index (Phi) is 5.69. The van der Waals surface area contributed by atoms with Gasteiger partial charge in [-0.1, -0.05) is 6.92 Å². The third-order valence-corrected chi connectivity index (χ3v) is 2.47. The van der Waals surface area contributed by atoms with Crippen LogP contribution in [0.3, 0.4) is 0 Å². The van der Waals surface area contributed by atoms with Gasteiger partial charge in [0.2, 0.25) is 0 Å². The van der Waals surface area contributed by atoms with Gasteiger partial charge in [-0.25, -0.2) is 9.97 Å². The van der Waals surface area contributed by atoms with Crippen molar-refractivity contribution < 1.29 is 0 Å². The molecule has 0 radical (unpaired) electrons. The van der Waals surface area contributed by atoms with Gasteiger partial charge in [-0.15, -0.1) is 0 Å². The molecule has 0 amide bonds. The highest BCUT2D eigenvalue weighted by Gasteiger charge is 2.05. The van der Waals surface area contributed by atoms with Crippen LogP contribution in [0.1, 0.15) is 25.6 Å². The minimum Gasteiger partial charge on any atom is -0.370 e. The van der Waals surface area contributed by atoms with Crippen LogP contribution < -0.4 is 16.0 Å². The second-order valence-corrected chi connectivity index (χ2v) is 4.15. The zero-order valence-electron chi connectivity index (χ0n) is 11.0. The van der Waals surface area contributed by atoms with Crippen molar-refractivity contribution in [2.45, 2.75) is 26.7 Å². The van der Waals surface area contributed by atoms with Gasteiger partial charge in [0.05, 0.1) is 0 Å². The highest BCUT2D eigenvalue weighted by Crippen LogP contribution is 2.14. The van der Waals surface area contributed by atoms with Crippen molar-refractivity contribution in [3.63, 3.8) is 0 Å². The fourth-order valence-electron chi connectivity index (χ4n) is 1.53. The molecule has 0 aliphatic heterocycles. The van der Waals surface area contributed by atoms with Crippen LogP contribution in [0.4, 0.5) is 11.6 Å². The summed E-state index contributed by atoms with van der Waals surface area (Å²) in [5.41, 5.74) is 5.51. The number of hydrogen-bond acceptors (Lipinski definition) is 5. The smallest absolute Gasteiger partial charge is 0.134 e. The van der Waals surface area contributed by atoms with Crippen LogP contribution >= 0.6 is 0 Å². The van der Waals surface area contributed by atoms with Gasteiger partial charge in [0.15, 0.2) is 0 Å². The van der Waals surface area contributed by atoms with Gasteiger partial charge in [0.25, 0.3) is 0 Å². The Morgan fingerprint density at radius 2 is 2.18 bits per heavy atom. The molecule has 0 aliphatic rings. The molecule has 17 heavy (non-hydrogen) atoms. The first-order valence-corrected chi connectivity index (χ1v) is 6.18. The molecule has 5 nitrogen and oxygen atoms in total. The number of nitrogens with two attached hydrogens (primary N) is 1. The van der Waals surface area contributed by atoms with Crippen LogP contribution in [0.5, 0.6) is 0 Å². The van der Waals surface area contributed by atoms with Crippen LogP contribution in [-0.4, -0.2) is 36.6 Å². The fourth-order valence-corrected chi connectivity index (χ4v) is 1.53. The van der Waals surface area contributed by atoms with Gasteiger partial charge in [-0.2, -0.15) is 0 Å². The molecule has 5 heteroatoms. The maximum atomic E-state index is 5.51. The molecule has 0 aliphatic carbocycles. The molecular weight excluding hydrogens is 214 g/mol. The molecule has 0 aromatic carbocycles. The van der Waals surface area contributed by atoms with Crippen LogP contribution in [0, 0.1) is 6.92 Å². The molecule has 1 aromatic rings. The number of anilines is 2. The zero-order valence-corrected chi connectivity index (χ0v) is 11.0. The van der Waals surface area contributed by atoms with Gasteiger partial charge >= 0.3 is 0 Å². The Morgan fingerprint density at radius 1 is 1.41 bits per heavy atom. The predicted molar refractivity (Wildman–Crippen MR) is 72.5 cm³/mol. The summed E-state index contributed by atoms with van der Waals surface area (Å²) in [5, 5.41) is 3.28. The number of nitrogens with zero attached hydrogens (tertiary/aromatic N) is 3. The normalized spacial score (nSPS) is 10.4. The van der Waals surface area contributed by atoms with E-state index in [1.807, 2.05) is 20.0 Å². The van der Waals surface area contributed by atoms with Crippen LogP contribution in [0.2, 0.25) is 0 Å². The third-order valence-electron chi connectivity index (χ3n) is 2.47. The monoisotopic (exact) mass is 237 g/mol. The quantitative estimate of drug-likeness (QED) is 0.750. The largest absolute Gasteiger partial charge is 0.370 e. The van der Waals surface area contributed by atoms with Crippen LogP contribution in [0.25, 0.3) is 0 Å². The summed E-state index contributed by atoms with van der Waals surface area (Å²) in [6.07, 6.45) is 2.05. The van der Waals surface area contributed by atoms with Gasteiger partial charge in [-0.3, -0.25) is 0 Å². The molecule has 0 bridgehead atoms. The summed E-state index contributed by atoms with van der Waals surface area (Å²) >= 11 is 0. The van der Waals surface area contributed by atoms with E-state index in [-0.39, 0.29) is 0 Å². The molecule has 96 valence electrons. The second-order valence-electron chi connectivity index (χ2n) is 4.15. The zero-order chi connectivity index (χ0) is 12.7. The Morgan fingerprint density at radius 3 is 2.82 bits per heavy atom. The summed E-state index contributed by atoms with van der Waals surface area (Å²) in [5.74, 6) is 2.64. The molecule has 1 rings (SSSR count). The predicted octanol–water partition coefficient (Wildman–Crippen LogP) is 1.39. The average molecular weight is 237 g/mol. The van der Waals surface area contributed by atoms with E-state index in [0.717, 1.165) is 43.4 Å². The van der Waals surface area contributed by atoms with E-state index < -0.39 is 0 Å². The van der Waals surface area contributed by atoms with Crippen molar-refractivity contribution >= 4 is 11.6 Å². The number of aromatic nitrogens is 2. The lowest BCUT2D eigenvalue weighted by molar-refractivity contribution is 0.782. The van der Waals surface area contributed by atoms with Gasteiger partial charge in [0, 0.05) is 26.2 Å². The summed E-state index contributed by atoms with van der Waals surface area (Å²) in [4.78, 5) is 10.9. The highest BCUT2D eigenvalue weighted by atomic mass is 15.2. The Labute approximate surface area is 103 Å². The van der Waals surface area contributed by atoms with Crippen LogP contribution in [-0.2, 0) is 0 Å². The van der Waals surface area contributed by atoms with E-state index in [0.29, 0.717) is 6.54 Å². The van der Waals surface area contributed by atoms with E-state index in [1.54, 1.807) is 0 Å². The molecule has 0 atom stereocenters. The summed E-state index contributed by atoms with van der Waals surface area (Å²) in [7, 11) is 2.03. The first-order valence-electron chi connectivity index (χ1n) is 6.18. The average Bonchev–Trinajstić information content (AvgIpc) is 2.32. The lowest BCUT2D eigenvalue weighted by atomic mass is 10.3. The molecule has 0 fully saturated rings.